The van der Waals surface area contributed by atoms with Crippen LogP contribution in [0, 0.1) is 23.2 Å². The van der Waals surface area contributed by atoms with E-state index >= 15 is 0 Å². The standard InChI is InChI=1S/C19H32N2/c1-3-4-17-5-7-18(8-6-17)21-15-11-19(12-16-21)9-13-20(2)14-10-19/h17-18H,5-16H2,1-2H3. The Balaban J connectivity index is 1.47. The van der Waals surface area contributed by atoms with E-state index < -0.39 is 0 Å². The zero-order valence-electron chi connectivity index (χ0n) is 14.0. The molecule has 3 aliphatic rings. The van der Waals surface area contributed by atoms with E-state index in [-0.39, 0.29) is 0 Å². The molecule has 1 spiro atoms. The van der Waals surface area contributed by atoms with Gasteiger partial charge in [-0.1, -0.05) is 0 Å². The molecule has 0 N–H and O–H groups in total. The van der Waals surface area contributed by atoms with Crippen molar-refractivity contribution in [2.24, 2.45) is 11.3 Å². The minimum Gasteiger partial charge on any atom is -0.306 e. The Labute approximate surface area is 131 Å². The van der Waals surface area contributed by atoms with Gasteiger partial charge in [0.15, 0.2) is 0 Å². The zero-order valence-corrected chi connectivity index (χ0v) is 14.0. The number of likely N-dealkylation sites (tertiary alicyclic amines) is 2. The number of piperidine rings is 2. The van der Waals surface area contributed by atoms with Crippen LogP contribution in [0.4, 0.5) is 0 Å². The lowest BCUT2D eigenvalue weighted by Crippen LogP contribution is -2.49. The first-order valence-electron chi connectivity index (χ1n) is 9.06. The summed E-state index contributed by atoms with van der Waals surface area (Å²) in [6.45, 7) is 7.34. The van der Waals surface area contributed by atoms with Crippen molar-refractivity contribution in [2.75, 3.05) is 33.2 Å². The van der Waals surface area contributed by atoms with Crippen molar-refractivity contribution in [3.05, 3.63) is 0 Å². The second-order valence-electron chi connectivity index (χ2n) is 7.74. The molecular weight excluding hydrogens is 256 g/mol. The summed E-state index contributed by atoms with van der Waals surface area (Å²) in [4.78, 5) is 5.33. The summed E-state index contributed by atoms with van der Waals surface area (Å²) in [6, 6.07) is 0.864. The summed E-state index contributed by atoms with van der Waals surface area (Å²) in [5.41, 5.74) is 0.702. The molecular formula is C19H32N2. The Morgan fingerprint density at radius 1 is 0.857 bits per heavy atom. The van der Waals surface area contributed by atoms with E-state index in [1.807, 2.05) is 6.92 Å². The Kier molecular flexibility index (Phi) is 4.92. The Bertz CT molecular complexity index is 380. The number of rotatable bonds is 1. The van der Waals surface area contributed by atoms with Gasteiger partial charge in [0.25, 0.3) is 0 Å². The summed E-state index contributed by atoms with van der Waals surface area (Å²) in [5, 5.41) is 0. The molecule has 0 aromatic heterocycles. The van der Waals surface area contributed by atoms with E-state index in [9.17, 15) is 0 Å². The van der Waals surface area contributed by atoms with Gasteiger partial charge >= 0.3 is 0 Å². The molecule has 21 heavy (non-hydrogen) atoms. The fourth-order valence-electron chi connectivity index (χ4n) is 4.75. The number of nitrogens with zero attached hydrogens (tertiary/aromatic N) is 2. The van der Waals surface area contributed by atoms with Gasteiger partial charge in [0, 0.05) is 12.0 Å². The van der Waals surface area contributed by atoms with Crippen molar-refractivity contribution in [2.45, 2.75) is 64.3 Å². The molecule has 2 heteroatoms. The van der Waals surface area contributed by atoms with Crippen LogP contribution in [0.3, 0.4) is 0 Å². The predicted octanol–water partition coefficient (Wildman–Crippen LogP) is 3.38. The quantitative estimate of drug-likeness (QED) is 0.683. The van der Waals surface area contributed by atoms with E-state index in [0.29, 0.717) is 11.3 Å². The minimum absolute atomic E-state index is 0.691. The smallest absolute Gasteiger partial charge is 0.0203 e. The molecule has 2 heterocycles. The lowest BCUT2D eigenvalue weighted by atomic mass is 9.70. The second kappa shape index (κ2) is 6.71. The summed E-state index contributed by atoms with van der Waals surface area (Å²) in [7, 11) is 2.28. The molecule has 2 nitrogen and oxygen atoms in total. The van der Waals surface area contributed by atoms with Crippen molar-refractivity contribution in [3.8, 4) is 11.8 Å². The molecule has 2 aliphatic heterocycles. The molecule has 1 saturated carbocycles. The SMILES string of the molecule is CC#CC1CCC(N2CCC3(CCN(C)CC3)CC2)CC1. The van der Waals surface area contributed by atoms with Crippen LogP contribution in [0.2, 0.25) is 0 Å². The van der Waals surface area contributed by atoms with Crippen LogP contribution in [0.1, 0.15) is 58.3 Å². The van der Waals surface area contributed by atoms with Crippen molar-refractivity contribution in [3.63, 3.8) is 0 Å². The Morgan fingerprint density at radius 3 is 2.00 bits per heavy atom. The van der Waals surface area contributed by atoms with Crippen LogP contribution in [0.5, 0.6) is 0 Å². The third-order valence-electron chi connectivity index (χ3n) is 6.47. The fraction of sp³-hybridized carbons (Fsp3) is 0.895. The van der Waals surface area contributed by atoms with Gasteiger partial charge in [-0.3, -0.25) is 0 Å². The predicted molar refractivity (Wildman–Crippen MR) is 89.2 cm³/mol. The first-order chi connectivity index (χ1) is 10.2. The maximum absolute atomic E-state index is 3.39. The molecule has 0 aromatic rings. The molecule has 0 unspecified atom stereocenters. The Morgan fingerprint density at radius 2 is 1.43 bits per heavy atom. The largest absolute Gasteiger partial charge is 0.306 e. The highest BCUT2D eigenvalue weighted by Crippen LogP contribution is 2.42. The van der Waals surface area contributed by atoms with Gasteiger partial charge in [0.1, 0.15) is 0 Å². The maximum atomic E-state index is 3.39. The van der Waals surface area contributed by atoms with Crippen LogP contribution >= 0.6 is 0 Å². The Hall–Kier alpha value is -0.520. The van der Waals surface area contributed by atoms with Gasteiger partial charge in [-0.25, -0.2) is 0 Å². The van der Waals surface area contributed by atoms with E-state index in [0.717, 1.165) is 6.04 Å². The van der Waals surface area contributed by atoms with Crippen LogP contribution in [0.25, 0.3) is 0 Å². The zero-order chi connectivity index (χ0) is 14.7. The van der Waals surface area contributed by atoms with Gasteiger partial charge in [-0.15, -0.1) is 11.8 Å². The van der Waals surface area contributed by atoms with Crippen molar-refractivity contribution in [1.82, 2.24) is 9.80 Å². The van der Waals surface area contributed by atoms with E-state index in [2.05, 4.69) is 28.7 Å². The molecule has 1 aliphatic carbocycles. The fourth-order valence-corrected chi connectivity index (χ4v) is 4.75. The molecule has 3 rings (SSSR count). The molecule has 0 amide bonds. The van der Waals surface area contributed by atoms with Crippen LogP contribution < -0.4 is 0 Å². The van der Waals surface area contributed by atoms with Crippen molar-refractivity contribution >= 4 is 0 Å². The molecule has 3 fully saturated rings. The van der Waals surface area contributed by atoms with E-state index in [4.69, 9.17) is 0 Å². The summed E-state index contributed by atoms with van der Waals surface area (Å²) < 4.78 is 0. The topological polar surface area (TPSA) is 6.48 Å². The lowest BCUT2D eigenvalue weighted by molar-refractivity contribution is 0.0172. The first kappa shape index (κ1) is 15.4. The van der Waals surface area contributed by atoms with Crippen LogP contribution in [-0.4, -0.2) is 49.1 Å². The average molecular weight is 288 g/mol. The van der Waals surface area contributed by atoms with Gasteiger partial charge in [-0.05, 0) is 96.9 Å². The molecule has 118 valence electrons. The van der Waals surface area contributed by atoms with Gasteiger partial charge in [0.05, 0.1) is 0 Å². The molecule has 2 saturated heterocycles. The summed E-state index contributed by atoms with van der Waals surface area (Å²) in [6.07, 6.45) is 11.2. The van der Waals surface area contributed by atoms with Gasteiger partial charge in [-0.2, -0.15) is 0 Å². The molecule has 0 bridgehead atoms. The number of hydrogen-bond donors (Lipinski definition) is 0. The van der Waals surface area contributed by atoms with Crippen molar-refractivity contribution < 1.29 is 0 Å². The molecule has 0 radical (unpaired) electrons. The summed E-state index contributed by atoms with van der Waals surface area (Å²) in [5.74, 6) is 7.18. The normalized spacial score (nSPS) is 34.4. The van der Waals surface area contributed by atoms with Gasteiger partial charge < -0.3 is 9.80 Å². The third-order valence-corrected chi connectivity index (χ3v) is 6.47. The highest BCUT2D eigenvalue weighted by molar-refractivity contribution is 5.03. The van der Waals surface area contributed by atoms with Crippen molar-refractivity contribution in [1.29, 1.82) is 0 Å². The average Bonchev–Trinajstić information content (AvgIpc) is 2.53. The minimum atomic E-state index is 0.691. The third kappa shape index (κ3) is 3.63. The highest BCUT2D eigenvalue weighted by atomic mass is 15.2. The molecule has 0 atom stereocenters. The van der Waals surface area contributed by atoms with E-state index in [1.165, 1.54) is 77.5 Å². The highest BCUT2D eigenvalue weighted by Gasteiger charge is 2.38. The number of hydrogen-bond acceptors (Lipinski definition) is 2. The first-order valence-corrected chi connectivity index (χ1v) is 9.06. The maximum Gasteiger partial charge on any atom is 0.0203 e. The van der Waals surface area contributed by atoms with Crippen LogP contribution in [0.15, 0.2) is 0 Å². The lowest BCUT2D eigenvalue weighted by Gasteiger charge is -2.48. The summed E-state index contributed by atoms with van der Waals surface area (Å²) >= 11 is 0. The van der Waals surface area contributed by atoms with Crippen LogP contribution in [-0.2, 0) is 0 Å². The second-order valence-corrected chi connectivity index (χ2v) is 7.74. The molecule has 0 aromatic carbocycles. The van der Waals surface area contributed by atoms with E-state index in [1.54, 1.807) is 0 Å². The van der Waals surface area contributed by atoms with Gasteiger partial charge in [0.2, 0.25) is 0 Å². The monoisotopic (exact) mass is 288 g/mol.